The Bertz CT molecular complexity index is 871. The molecule has 0 saturated heterocycles. The summed E-state index contributed by atoms with van der Waals surface area (Å²) < 4.78 is 5.20. The second kappa shape index (κ2) is 7.40. The molecule has 2 aromatic carbocycles. The van der Waals surface area contributed by atoms with Crippen LogP contribution in [-0.4, -0.2) is 13.0 Å². The van der Waals surface area contributed by atoms with Gasteiger partial charge in [0.25, 0.3) is 5.91 Å². The van der Waals surface area contributed by atoms with Crippen molar-refractivity contribution in [2.75, 3.05) is 12.8 Å². The fourth-order valence-electron chi connectivity index (χ4n) is 2.76. The molecule has 1 heterocycles. The first kappa shape index (κ1) is 17.0. The lowest BCUT2D eigenvalue weighted by molar-refractivity contribution is 0.0953. The van der Waals surface area contributed by atoms with Gasteiger partial charge in [-0.1, -0.05) is 42.5 Å². The summed E-state index contributed by atoms with van der Waals surface area (Å²) in [5, 5.41) is 3.50. The number of aryl methyl sites for hydroxylation is 1. The van der Waals surface area contributed by atoms with Gasteiger partial charge in [-0.15, -0.1) is 11.3 Å². The van der Waals surface area contributed by atoms with Crippen molar-refractivity contribution in [3.8, 4) is 16.9 Å². The Balaban J connectivity index is 1.89. The zero-order valence-corrected chi connectivity index (χ0v) is 15.0. The molecule has 0 spiro atoms. The number of amides is 1. The van der Waals surface area contributed by atoms with Crippen molar-refractivity contribution >= 4 is 22.2 Å². The van der Waals surface area contributed by atoms with Gasteiger partial charge < -0.3 is 15.8 Å². The maximum atomic E-state index is 12.8. The standard InChI is InChI=1S/C20H20N2O2S/c1-13-17(15-8-10-16(24-2)11-9-15)18(19(21)25-13)20(23)22-12-14-6-4-3-5-7-14/h3-11H,12,21H2,1-2H3,(H,22,23). The van der Waals surface area contributed by atoms with E-state index in [1.54, 1.807) is 7.11 Å². The molecular weight excluding hydrogens is 332 g/mol. The lowest BCUT2D eigenvalue weighted by Crippen LogP contribution is -2.23. The Morgan fingerprint density at radius 3 is 2.44 bits per heavy atom. The highest BCUT2D eigenvalue weighted by Gasteiger charge is 2.21. The third-order valence-corrected chi connectivity index (χ3v) is 4.95. The van der Waals surface area contributed by atoms with Crippen molar-refractivity contribution in [1.29, 1.82) is 0 Å². The van der Waals surface area contributed by atoms with E-state index in [0.717, 1.165) is 27.3 Å². The number of rotatable bonds is 5. The number of methoxy groups -OCH3 is 1. The Morgan fingerprint density at radius 1 is 1.12 bits per heavy atom. The predicted molar refractivity (Wildman–Crippen MR) is 103 cm³/mol. The van der Waals surface area contributed by atoms with Crippen LogP contribution in [0.1, 0.15) is 20.8 Å². The minimum Gasteiger partial charge on any atom is -0.497 e. The van der Waals surface area contributed by atoms with Crippen LogP contribution >= 0.6 is 11.3 Å². The Hall–Kier alpha value is -2.79. The molecule has 1 aromatic heterocycles. The van der Waals surface area contributed by atoms with Crippen LogP contribution in [0.5, 0.6) is 5.75 Å². The average molecular weight is 352 g/mol. The molecule has 0 aliphatic carbocycles. The van der Waals surface area contributed by atoms with Crippen LogP contribution in [0.3, 0.4) is 0 Å². The number of benzene rings is 2. The molecule has 0 aliphatic rings. The van der Waals surface area contributed by atoms with Gasteiger partial charge in [-0.3, -0.25) is 4.79 Å². The van der Waals surface area contributed by atoms with E-state index < -0.39 is 0 Å². The summed E-state index contributed by atoms with van der Waals surface area (Å²) in [6, 6.07) is 17.5. The first-order chi connectivity index (χ1) is 12.1. The molecule has 0 bridgehead atoms. The van der Waals surface area contributed by atoms with Gasteiger partial charge in [-0.25, -0.2) is 0 Å². The van der Waals surface area contributed by atoms with E-state index in [0.29, 0.717) is 17.1 Å². The van der Waals surface area contributed by atoms with E-state index in [1.165, 1.54) is 11.3 Å². The van der Waals surface area contributed by atoms with Crippen molar-refractivity contribution < 1.29 is 9.53 Å². The second-order valence-corrected chi connectivity index (χ2v) is 6.93. The van der Waals surface area contributed by atoms with Gasteiger partial charge in [0.05, 0.1) is 17.7 Å². The predicted octanol–water partition coefficient (Wildman–Crippen LogP) is 4.24. The van der Waals surface area contributed by atoms with Gasteiger partial charge in [-0.05, 0) is 30.2 Å². The summed E-state index contributed by atoms with van der Waals surface area (Å²) in [5.41, 5.74) is 9.57. The zero-order valence-electron chi connectivity index (χ0n) is 14.2. The largest absolute Gasteiger partial charge is 0.497 e. The van der Waals surface area contributed by atoms with Gasteiger partial charge >= 0.3 is 0 Å². The molecule has 1 amide bonds. The fraction of sp³-hybridized carbons (Fsp3) is 0.150. The lowest BCUT2D eigenvalue weighted by Gasteiger charge is -2.09. The van der Waals surface area contributed by atoms with E-state index in [1.807, 2.05) is 61.5 Å². The van der Waals surface area contributed by atoms with Gasteiger partial charge in [0.2, 0.25) is 0 Å². The summed E-state index contributed by atoms with van der Waals surface area (Å²) in [4.78, 5) is 13.8. The summed E-state index contributed by atoms with van der Waals surface area (Å²) in [5.74, 6) is 0.621. The minimum atomic E-state index is -0.156. The SMILES string of the molecule is COc1ccc(-c2c(C)sc(N)c2C(=O)NCc2ccccc2)cc1. The third kappa shape index (κ3) is 3.67. The molecule has 0 aliphatic heterocycles. The van der Waals surface area contributed by atoms with Gasteiger partial charge in [0.15, 0.2) is 0 Å². The van der Waals surface area contributed by atoms with Crippen LogP contribution in [0.2, 0.25) is 0 Å². The quantitative estimate of drug-likeness (QED) is 0.722. The monoisotopic (exact) mass is 352 g/mol. The van der Waals surface area contributed by atoms with E-state index in [9.17, 15) is 4.79 Å². The van der Waals surface area contributed by atoms with E-state index in [-0.39, 0.29) is 5.91 Å². The van der Waals surface area contributed by atoms with Crippen LogP contribution in [0, 0.1) is 6.92 Å². The number of hydrogen-bond acceptors (Lipinski definition) is 4. The highest BCUT2D eigenvalue weighted by molar-refractivity contribution is 7.16. The van der Waals surface area contributed by atoms with Gasteiger partial charge in [-0.2, -0.15) is 0 Å². The molecule has 3 rings (SSSR count). The number of carbonyl (C=O) groups is 1. The third-order valence-electron chi connectivity index (χ3n) is 4.01. The highest BCUT2D eigenvalue weighted by atomic mass is 32.1. The van der Waals surface area contributed by atoms with Crippen molar-refractivity contribution in [3.05, 3.63) is 70.6 Å². The number of nitrogens with two attached hydrogens (primary N) is 1. The number of ether oxygens (including phenoxy) is 1. The number of nitrogens with one attached hydrogen (secondary N) is 1. The van der Waals surface area contributed by atoms with E-state index in [4.69, 9.17) is 10.5 Å². The van der Waals surface area contributed by atoms with Crippen LogP contribution in [0.4, 0.5) is 5.00 Å². The molecule has 3 N–H and O–H groups in total. The molecule has 4 nitrogen and oxygen atoms in total. The van der Waals surface area contributed by atoms with Crippen molar-refractivity contribution in [2.24, 2.45) is 0 Å². The minimum absolute atomic E-state index is 0.156. The first-order valence-corrected chi connectivity index (χ1v) is 8.77. The number of nitrogen functional groups attached to an aromatic ring is 1. The van der Waals surface area contributed by atoms with Crippen molar-refractivity contribution in [3.63, 3.8) is 0 Å². The first-order valence-electron chi connectivity index (χ1n) is 7.95. The molecule has 0 atom stereocenters. The number of hydrogen-bond donors (Lipinski definition) is 2. The summed E-state index contributed by atoms with van der Waals surface area (Å²) in [6.45, 7) is 2.45. The molecule has 0 radical (unpaired) electrons. The summed E-state index contributed by atoms with van der Waals surface area (Å²) in [7, 11) is 1.63. The van der Waals surface area contributed by atoms with E-state index in [2.05, 4.69) is 5.32 Å². The summed E-state index contributed by atoms with van der Waals surface area (Å²) >= 11 is 1.44. The van der Waals surface area contributed by atoms with Gasteiger partial charge in [0.1, 0.15) is 5.75 Å². The maximum Gasteiger partial charge on any atom is 0.255 e. The summed E-state index contributed by atoms with van der Waals surface area (Å²) in [6.07, 6.45) is 0. The van der Waals surface area contributed by atoms with Crippen LogP contribution < -0.4 is 15.8 Å². The number of thiophene rings is 1. The molecule has 0 unspecified atom stereocenters. The second-order valence-electron chi connectivity index (χ2n) is 5.67. The van der Waals surface area contributed by atoms with Crippen LogP contribution in [-0.2, 0) is 6.54 Å². The Labute approximate surface area is 151 Å². The van der Waals surface area contributed by atoms with Crippen molar-refractivity contribution in [2.45, 2.75) is 13.5 Å². The zero-order chi connectivity index (χ0) is 17.8. The maximum absolute atomic E-state index is 12.8. The normalized spacial score (nSPS) is 10.5. The van der Waals surface area contributed by atoms with Crippen molar-refractivity contribution in [1.82, 2.24) is 5.32 Å². The highest BCUT2D eigenvalue weighted by Crippen LogP contribution is 2.38. The molecular formula is C20H20N2O2S. The van der Waals surface area contributed by atoms with Gasteiger partial charge in [0, 0.05) is 17.0 Å². The molecule has 0 saturated carbocycles. The van der Waals surface area contributed by atoms with Crippen LogP contribution in [0.25, 0.3) is 11.1 Å². The fourth-order valence-corrected chi connectivity index (χ4v) is 3.71. The Kier molecular flexibility index (Phi) is 5.05. The lowest BCUT2D eigenvalue weighted by atomic mass is 10.0. The smallest absolute Gasteiger partial charge is 0.255 e. The molecule has 25 heavy (non-hydrogen) atoms. The molecule has 128 valence electrons. The van der Waals surface area contributed by atoms with Crippen LogP contribution in [0.15, 0.2) is 54.6 Å². The molecule has 0 fully saturated rings. The molecule has 5 heteroatoms. The number of carbonyl (C=O) groups excluding carboxylic acids is 1. The molecule has 3 aromatic rings. The number of anilines is 1. The topological polar surface area (TPSA) is 64.3 Å². The van der Waals surface area contributed by atoms with E-state index >= 15 is 0 Å². The average Bonchev–Trinajstić information content (AvgIpc) is 2.94. The Morgan fingerprint density at radius 2 is 1.80 bits per heavy atom.